The summed E-state index contributed by atoms with van der Waals surface area (Å²) in [4.78, 5) is 53.1. The molecule has 0 atom stereocenters. The van der Waals surface area contributed by atoms with Gasteiger partial charge < -0.3 is 63.0 Å². The highest BCUT2D eigenvalue weighted by Crippen LogP contribution is 2.32. The smallest absolute Gasteiger partial charge is 0.383 e. The Morgan fingerprint density at radius 1 is 0.490 bits per heavy atom. The summed E-state index contributed by atoms with van der Waals surface area (Å²) in [7, 11) is 7.47. The van der Waals surface area contributed by atoms with Crippen LogP contribution in [0.1, 0.15) is 149 Å². The first-order valence-corrected chi connectivity index (χ1v) is 34.8. The zero-order valence-corrected chi connectivity index (χ0v) is 58.8. The van der Waals surface area contributed by atoms with Gasteiger partial charge in [0.1, 0.15) is 115 Å². The number of amidine groups is 2. The number of rotatable bonds is 11. The predicted octanol–water partition coefficient (Wildman–Crippen LogP) is 8.70. The number of nitriles is 3. The van der Waals surface area contributed by atoms with E-state index in [4.69, 9.17) is 70.7 Å². The Kier molecular flexibility index (Phi) is 31.2. The van der Waals surface area contributed by atoms with Gasteiger partial charge in [-0.25, -0.2) is 19.9 Å². The number of hydrogen-bond acceptors (Lipinski definition) is 26. The van der Waals surface area contributed by atoms with Gasteiger partial charge in [0.05, 0.1) is 35.6 Å². The number of likely N-dealkylation sites (tertiary alicyclic amines) is 3. The number of thioether (sulfide) groups is 2. The van der Waals surface area contributed by atoms with Crippen molar-refractivity contribution in [3.63, 3.8) is 0 Å². The molecule has 31 nitrogen and oxygen atoms in total. The number of nitrogens with zero attached hydrogens (tertiary/aromatic N) is 23. The fraction of sp³-hybridized carbons (Fsp3) is 0.538. The molecule has 5 aromatic rings. The minimum Gasteiger partial charge on any atom is -0.383 e. The molecule has 5 fully saturated rings. The van der Waals surface area contributed by atoms with Gasteiger partial charge in [0.25, 0.3) is 0 Å². The molecule has 0 amide bonds. The van der Waals surface area contributed by atoms with Crippen molar-refractivity contribution in [3.8, 4) is 18.2 Å². The standard InChI is InChI=1S/C12H17N3S.C11H15N5.C11H15N3S.C9H13N5.2C8H11N5.C6H9N5/c1-4-10-16-12(11(13-2)14-3)15-8-6-5-7-9-15;12-10-9-8(14-7-15-10)6-13-11(9)16-4-2-1-3-5-16;1-4-9-15-11(10(12-2)13-3)14-7-5-6-8-14;10-6-7-8(11)12-13-9(7)14-4-2-1-3-5-14;1-13(2)8-6-5(3-10-8)11-4-12-7(6)9;9-5-6-7(10)11-12-8(6)13-3-1-2-4-13;1-11(2)6-4(3-7)5(8)9-10-6/h4-10H2,1H3;7H,1-6H2,(H2,12,14,15);4-9H2,1H3;1-5H2,(H3,11,12,13);4H,3H2,1-2H3,(H2,9,11,12);1-4H2,(H3,10,11,12);1-2H3,(H3,8,9,10). The highest BCUT2D eigenvalue weighted by molar-refractivity contribution is 8.03. The van der Waals surface area contributed by atoms with Gasteiger partial charge in [-0.05, 0) is 108 Å². The number of nitrogens with one attached hydrogen (secondary N) is 3. The van der Waals surface area contributed by atoms with Crippen molar-refractivity contribution in [1.82, 2.24) is 70.1 Å². The van der Waals surface area contributed by atoms with Gasteiger partial charge in [-0.15, -0.1) is 23.5 Å². The molecular weight excluding hydrogens is 1280 g/mol. The van der Waals surface area contributed by atoms with Crippen molar-refractivity contribution < 1.29 is 0 Å². The van der Waals surface area contributed by atoms with Gasteiger partial charge in [-0.3, -0.25) is 25.3 Å². The number of hydrogen-bond donors (Lipinski definition) is 8. The first-order valence-electron chi connectivity index (χ1n) is 32.9. The molecule has 98 heavy (non-hydrogen) atoms. The van der Waals surface area contributed by atoms with Crippen LogP contribution in [0, 0.1) is 60.3 Å². The van der Waals surface area contributed by atoms with E-state index in [1.54, 1.807) is 42.5 Å². The second-order valence-electron chi connectivity index (χ2n) is 23.5. The van der Waals surface area contributed by atoms with Gasteiger partial charge >= 0.3 is 11.6 Å². The molecule has 0 aromatic carbocycles. The number of piperidine rings is 3. The van der Waals surface area contributed by atoms with Crippen molar-refractivity contribution in [1.29, 1.82) is 15.8 Å². The average molecular weight is 1370 g/mol. The molecule has 0 bridgehead atoms. The van der Waals surface area contributed by atoms with E-state index in [0.717, 1.165) is 160 Å². The predicted molar refractivity (Wildman–Crippen MR) is 390 cm³/mol. The molecule has 0 spiro atoms. The lowest BCUT2D eigenvalue weighted by atomic mass is 10.1. The molecule has 5 saturated heterocycles. The number of aromatic amines is 3. The number of aromatic nitrogens is 10. The van der Waals surface area contributed by atoms with Crippen LogP contribution in [-0.2, 0) is 13.1 Å². The second kappa shape index (κ2) is 40.0. The first kappa shape index (κ1) is 76.4. The van der Waals surface area contributed by atoms with Crippen LogP contribution in [0.3, 0.4) is 0 Å². The van der Waals surface area contributed by atoms with Crippen LogP contribution >= 0.6 is 23.5 Å². The highest BCUT2D eigenvalue weighted by Gasteiger charge is 2.29. The van der Waals surface area contributed by atoms with Crippen LogP contribution < -0.4 is 43.4 Å². The number of nitrogens with two attached hydrogens (primary N) is 5. The normalized spacial score (nSPS) is 15.2. The van der Waals surface area contributed by atoms with Crippen molar-refractivity contribution in [2.75, 3.05) is 149 Å². The molecule has 518 valence electrons. The van der Waals surface area contributed by atoms with E-state index in [9.17, 15) is 0 Å². The van der Waals surface area contributed by atoms with Crippen LogP contribution in [0.25, 0.3) is 19.4 Å². The number of aliphatic imine (C=N–C) groups is 2. The third kappa shape index (κ3) is 20.9. The van der Waals surface area contributed by atoms with Crippen LogP contribution in [0.5, 0.6) is 0 Å². The lowest BCUT2D eigenvalue weighted by Gasteiger charge is -2.29. The fourth-order valence-electron chi connectivity index (χ4n) is 11.2. The highest BCUT2D eigenvalue weighted by atomic mass is 32.2. The molecule has 0 saturated carbocycles. The van der Waals surface area contributed by atoms with Crippen molar-refractivity contribution >= 4 is 81.7 Å². The van der Waals surface area contributed by atoms with Gasteiger partial charge in [-0.2, -0.15) is 50.5 Å². The van der Waals surface area contributed by atoms with E-state index in [-0.39, 0.29) is 11.6 Å². The lowest BCUT2D eigenvalue weighted by molar-refractivity contribution is 0.301. The second-order valence-corrected chi connectivity index (χ2v) is 25.7. The van der Waals surface area contributed by atoms with E-state index in [2.05, 4.69) is 130 Å². The minimum absolute atomic E-state index is 0.246. The van der Waals surface area contributed by atoms with Crippen LogP contribution in [0.2, 0.25) is 0 Å². The van der Waals surface area contributed by atoms with Crippen LogP contribution in [0.4, 0.5) is 46.5 Å². The van der Waals surface area contributed by atoms with E-state index >= 15 is 0 Å². The van der Waals surface area contributed by atoms with Crippen molar-refractivity contribution in [2.24, 2.45) is 9.98 Å². The third-order valence-corrected chi connectivity index (χ3v) is 18.7. The molecule has 0 radical (unpaired) electrons. The summed E-state index contributed by atoms with van der Waals surface area (Å²) in [5.41, 5.74) is 33.3. The first-order chi connectivity index (χ1) is 47.5. The molecular formula is C65H91N31S2. The summed E-state index contributed by atoms with van der Waals surface area (Å²) < 4.78 is 0. The summed E-state index contributed by atoms with van der Waals surface area (Å²) in [6.45, 7) is 43.7. The Balaban J connectivity index is 0.000000181. The molecule has 33 heteroatoms. The largest absolute Gasteiger partial charge is 0.549 e. The minimum atomic E-state index is 0.246. The Morgan fingerprint density at radius 3 is 1.26 bits per heavy atom. The maximum absolute atomic E-state index is 8.90. The summed E-state index contributed by atoms with van der Waals surface area (Å²) in [5, 5.41) is 47.9. The molecule has 0 unspecified atom stereocenters. The zero-order chi connectivity index (χ0) is 70.9. The molecule has 12 heterocycles. The molecule has 5 aromatic heterocycles. The summed E-state index contributed by atoms with van der Waals surface area (Å²) in [6, 6.07) is 6.11. The summed E-state index contributed by atoms with van der Waals surface area (Å²) >= 11 is 3.32. The topological polar surface area (TPSA) is 404 Å². The van der Waals surface area contributed by atoms with Crippen LogP contribution in [0.15, 0.2) is 44.3 Å². The van der Waals surface area contributed by atoms with Crippen molar-refractivity contribution in [3.05, 3.63) is 119 Å². The van der Waals surface area contributed by atoms with E-state index in [0.29, 0.717) is 76.3 Å². The average Bonchev–Trinajstić information content (AvgIpc) is 1.59. The number of anilines is 8. The Bertz CT molecular complexity index is 3800. The number of H-pyrrole nitrogens is 3. The quantitative estimate of drug-likeness (QED) is 0.0573. The van der Waals surface area contributed by atoms with Crippen molar-refractivity contribution in [2.45, 2.75) is 123 Å². The van der Waals surface area contributed by atoms with Crippen LogP contribution in [-0.4, -0.2) is 187 Å². The number of fused-ring (bicyclic) bond motifs is 2. The summed E-state index contributed by atoms with van der Waals surface area (Å²) in [5.74, 6) is 8.46. The van der Waals surface area contributed by atoms with E-state index in [1.165, 1.54) is 70.4 Å². The van der Waals surface area contributed by atoms with Gasteiger partial charge in [0.15, 0.2) is 27.5 Å². The van der Waals surface area contributed by atoms with Gasteiger partial charge in [0, 0.05) is 93.6 Å². The fourth-order valence-corrected chi connectivity index (χ4v) is 13.2. The Morgan fingerprint density at radius 2 is 0.857 bits per heavy atom. The molecule has 13 N–H and O–H groups in total. The molecule has 12 rings (SSSR count). The SMILES string of the molecule is CN(C)C1=NCc2ncnc(N)c21.CN(C)c1n[nH]c(N)c1C#N.N#Cc1c(N2CCCC2)n[nH]c1N.N#Cc1c(N2CCCCC2)n[nH]c1N.Nc1ncnc2c1C(N1CCCCC1)=NC2.[C-]#[N+]C([N+]#[C-])=C(SCCC)N1CCCC1.[C-]#[N+]C([N+]#[C-])=C(SCCC)N1CCCCC1. The monoisotopic (exact) mass is 1370 g/mol. The molecule has 0 aliphatic carbocycles. The lowest BCUT2D eigenvalue weighted by Crippen LogP contribution is -2.36. The maximum Gasteiger partial charge on any atom is 0.549 e. The summed E-state index contributed by atoms with van der Waals surface area (Å²) in [6.07, 6.45) is 20.8. The van der Waals surface area contributed by atoms with Gasteiger partial charge in [-0.1, -0.05) is 13.8 Å². The molecule has 7 aliphatic rings. The van der Waals surface area contributed by atoms with Gasteiger partial charge in [0.2, 0.25) is 0 Å². The van der Waals surface area contributed by atoms with E-state index < -0.39 is 0 Å². The number of nitrogen functional groups attached to an aromatic ring is 5. The Hall–Kier alpha value is -10.7. The Labute approximate surface area is 584 Å². The zero-order valence-electron chi connectivity index (χ0n) is 57.1. The maximum atomic E-state index is 8.90. The molecule has 7 aliphatic heterocycles. The third-order valence-electron chi connectivity index (χ3n) is 16.1. The van der Waals surface area contributed by atoms with E-state index in [1.807, 2.05) is 25.1 Å².